The summed E-state index contributed by atoms with van der Waals surface area (Å²) in [5.74, 6) is 1.52. The fourth-order valence-electron chi connectivity index (χ4n) is 3.96. The van der Waals surface area contributed by atoms with Gasteiger partial charge in [0.05, 0.1) is 28.4 Å². The number of hydrogen-bond acceptors (Lipinski definition) is 6. The van der Waals surface area contributed by atoms with Crippen molar-refractivity contribution in [1.82, 2.24) is 19.6 Å². The Bertz CT molecular complexity index is 1250. The number of hydrogen-bond donors (Lipinski definition) is 1. The number of pyridine rings is 1. The van der Waals surface area contributed by atoms with E-state index in [1.807, 2.05) is 49.0 Å². The second-order valence-corrected chi connectivity index (χ2v) is 8.61. The third-order valence-corrected chi connectivity index (χ3v) is 6.11. The molecule has 0 aliphatic heterocycles. The van der Waals surface area contributed by atoms with Crippen LogP contribution < -0.4 is 15.4 Å². The molecule has 7 nitrogen and oxygen atoms in total. The first-order valence-electron chi connectivity index (χ1n) is 10.7. The number of rotatable bonds is 8. The Morgan fingerprint density at radius 2 is 1.73 bits per heavy atom. The van der Waals surface area contributed by atoms with E-state index >= 15 is 0 Å². The molecule has 0 atom stereocenters. The second-order valence-electron chi connectivity index (χ2n) is 7.80. The molecular weight excluding hydrogens is 459 g/mol. The van der Waals surface area contributed by atoms with Crippen LogP contribution in [0.15, 0.2) is 42.7 Å². The van der Waals surface area contributed by atoms with Crippen LogP contribution in [0.3, 0.4) is 0 Å². The van der Waals surface area contributed by atoms with Crippen molar-refractivity contribution in [2.75, 3.05) is 31.6 Å². The van der Waals surface area contributed by atoms with Gasteiger partial charge in [0.1, 0.15) is 11.6 Å². The third kappa shape index (κ3) is 4.76. The number of nitrogens with two attached hydrogens (primary N) is 1. The molecule has 0 saturated carbocycles. The van der Waals surface area contributed by atoms with E-state index in [-0.39, 0.29) is 0 Å². The monoisotopic (exact) mass is 484 g/mol. The van der Waals surface area contributed by atoms with Crippen LogP contribution in [0, 0.1) is 13.8 Å². The summed E-state index contributed by atoms with van der Waals surface area (Å²) in [6.07, 6.45) is 4.47. The molecule has 0 aliphatic carbocycles. The molecule has 33 heavy (non-hydrogen) atoms. The fraction of sp³-hybridized carbons (Fsp3) is 0.292. The highest BCUT2D eigenvalue weighted by molar-refractivity contribution is 6.39. The Balaban J connectivity index is 1.83. The zero-order valence-corrected chi connectivity index (χ0v) is 20.4. The average Bonchev–Trinajstić information content (AvgIpc) is 3.12. The molecule has 0 radical (unpaired) electrons. The number of ether oxygens (including phenoxy) is 1. The van der Waals surface area contributed by atoms with Gasteiger partial charge in [-0.25, -0.2) is 4.98 Å². The SMILES string of the molecule is COc1cc(Cl)c(-c2c(C)nn3c(N(CCN)CCc4ccncc4)cc(C)nc23)c(Cl)c1. The van der Waals surface area contributed by atoms with E-state index in [1.165, 1.54) is 5.56 Å². The van der Waals surface area contributed by atoms with Gasteiger partial charge in [0, 0.05) is 49.4 Å². The molecule has 2 N–H and O–H groups in total. The maximum absolute atomic E-state index is 6.63. The van der Waals surface area contributed by atoms with Gasteiger partial charge in [0.15, 0.2) is 5.65 Å². The van der Waals surface area contributed by atoms with Crippen LogP contribution in [0.2, 0.25) is 10.0 Å². The molecule has 0 unspecified atom stereocenters. The molecule has 4 rings (SSSR count). The lowest BCUT2D eigenvalue weighted by Crippen LogP contribution is -2.33. The molecule has 0 saturated heterocycles. The van der Waals surface area contributed by atoms with Crippen molar-refractivity contribution in [2.45, 2.75) is 20.3 Å². The summed E-state index contributed by atoms with van der Waals surface area (Å²) in [5, 5.41) is 5.80. The number of aryl methyl sites for hydroxylation is 2. The van der Waals surface area contributed by atoms with E-state index in [9.17, 15) is 0 Å². The van der Waals surface area contributed by atoms with Crippen molar-refractivity contribution < 1.29 is 4.74 Å². The minimum Gasteiger partial charge on any atom is -0.497 e. The average molecular weight is 485 g/mol. The van der Waals surface area contributed by atoms with Crippen molar-refractivity contribution in [3.05, 3.63) is 69.7 Å². The molecule has 0 amide bonds. The smallest absolute Gasteiger partial charge is 0.165 e. The molecule has 0 bridgehead atoms. The number of nitrogens with zero attached hydrogens (tertiary/aromatic N) is 5. The number of methoxy groups -OCH3 is 1. The molecule has 172 valence electrons. The molecule has 3 heterocycles. The van der Waals surface area contributed by atoms with Crippen LogP contribution in [-0.4, -0.2) is 46.3 Å². The summed E-state index contributed by atoms with van der Waals surface area (Å²) in [6, 6.07) is 9.58. The second kappa shape index (κ2) is 9.95. The van der Waals surface area contributed by atoms with Gasteiger partial charge in [-0.1, -0.05) is 23.2 Å². The fourth-order valence-corrected chi connectivity index (χ4v) is 4.62. The molecule has 0 aliphatic rings. The predicted octanol–water partition coefficient (Wildman–Crippen LogP) is 4.73. The number of anilines is 1. The highest BCUT2D eigenvalue weighted by Crippen LogP contribution is 2.41. The lowest BCUT2D eigenvalue weighted by atomic mass is 10.1. The van der Waals surface area contributed by atoms with Gasteiger partial charge in [-0.2, -0.15) is 9.61 Å². The van der Waals surface area contributed by atoms with Gasteiger partial charge >= 0.3 is 0 Å². The predicted molar refractivity (Wildman–Crippen MR) is 134 cm³/mol. The van der Waals surface area contributed by atoms with Crippen LogP contribution >= 0.6 is 23.2 Å². The quantitative estimate of drug-likeness (QED) is 0.389. The minimum absolute atomic E-state index is 0.485. The summed E-state index contributed by atoms with van der Waals surface area (Å²) in [5.41, 5.74) is 11.0. The van der Waals surface area contributed by atoms with Crippen molar-refractivity contribution in [3.8, 4) is 16.9 Å². The maximum Gasteiger partial charge on any atom is 0.165 e. The Kier molecular flexibility index (Phi) is 7.02. The van der Waals surface area contributed by atoms with Crippen molar-refractivity contribution in [3.63, 3.8) is 0 Å². The molecule has 4 aromatic rings. The molecule has 0 fully saturated rings. The zero-order valence-electron chi connectivity index (χ0n) is 18.8. The van der Waals surface area contributed by atoms with Gasteiger partial charge in [0.2, 0.25) is 0 Å². The van der Waals surface area contributed by atoms with Gasteiger partial charge in [-0.05, 0) is 50.1 Å². The minimum atomic E-state index is 0.485. The summed E-state index contributed by atoms with van der Waals surface area (Å²) >= 11 is 13.3. The zero-order chi connectivity index (χ0) is 23.5. The van der Waals surface area contributed by atoms with Crippen molar-refractivity contribution in [2.24, 2.45) is 5.73 Å². The van der Waals surface area contributed by atoms with E-state index in [2.05, 4.69) is 9.88 Å². The topological polar surface area (TPSA) is 81.6 Å². The van der Waals surface area contributed by atoms with Gasteiger partial charge in [0.25, 0.3) is 0 Å². The Labute approximate surface area is 203 Å². The normalized spacial score (nSPS) is 11.2. The first-order chi connectivity index (χ1) is 15.9. The largest absolute Gasteiger partial charge is 0.497 e. The van der Waals surface area contributed by atoms with Crippen LogP contribution in [0.5, 0.6) is 5.75 Å². The van der Waals surface area contributed by atoms with E-state index in [0.29, 0.717) is 40.1 Å². The maximum atomic E-state index is 6.63. The Morgan fingerprint density at radius 3 is 2.36 bits per heavy atom. The van der Waals surface area contributed by atoms with Crippen LogP contribution in [-0.2, 0) is 6.42 Å². The first kappa shape index (κ1) is 23.3. The molecule has 1 aromatic carbocycles. The molecule has 3 aromatic heterocycles. The van der Waals surface area contributed by atoms with Gasteiger partial charge in [-0.3, -0.25) is 4.98 Å². The molecular formula is C24H26Cl2N6O. The standard InChI is InChI=1S/C24H26Cl2N6O/c1-15-12-21(31(11-7-27)10-6-17-4-8-28-9-5-17)32-24(29-15)22(16(2)30-32)23-19(25)13-18(33-3)14-20(23)26/h4-5,8-9,12-14H,6-7,10-11,27H2,1-3H3. The number of fused-ring (bicyclic) bond motifs is 1. The summed E-state index contributed by atoms with van der Waals surface area (Å²) in [4.78, 5) is 11.1. The Morgan fingerprint density at radius 1 is 1.03 bits per heavy atom. The number of benzene rings is 1. The highest BCUT2D eigenvalue weighted by atomic mass is 35.5. The number of aromatic nitrogens is 4. The first-order valence-corrected chi connectivity index (χ1v) is 11.4. The third-order valence-electron chi connectivity index (χ3n) is 5.52. The van der Waals surface area contributed by atoms with Crippen LogP contribution in [0.25, 0.3) is 16.8 Å². The lowest BCUT2D eigenvalue weighted by molar-refractivity contribution is 0.415. The summed E-state index contributed by atoms with van der Waals surface area (Å²) in [6.45, 7) is 5.88. The summed E-state index contributed by atoms with van der Waals surface area (Å²) in [7, 11) is 1.58. The highest BCUT2D eigenvalue weighted by Gasteiger charge is 2.23. The number of halogens is 2. The Hall–Kier alpha value is -2.87. The van der Waals surface area contributed by atoms with E-state index in [4.69, 9.17) is 43.8 Å². The van der Waals surface area contributed by atoms with Gasteiger partial charge < -0.3 is 15.4 Å². The van der Waals surface area contributed by atoms with E-state index < -0.39 is 0 Å². The molecule has 9 heteroatoms. The van der Waals surface area contributed by atoms with Crippen LogP contribution in [0.4, 0.5) is 5.82 Å². The van der Waals surface area contributed by atoms with Crippen molar-refractivity contribution >= 4 is 34.7 Å². The van der Waals surface area contributed by atoms with E-state index in [0.717, 1.165) is 35.7 Å². The van der Waals surface area contributed by atoms with Crippen LogP contribution in [0.1, 0.15) is 17.0 Å². The van der Waals surface area contributed by atoms with E-state index in [1.54, 1.807) is 19.2 Å². The van der Waals surface area contributed by atoms with Crippen molar-refractivity contribution in [1.29, 1.82) is 0 Å². The molecule has 0 spiro atoms. The summed E-state index contributed by atoms with van der Waals surface area (Å²) < 4.78 is 7.16. The lowest BCUT2D eigenvalue weighted by Gasteiger charge is -2.25. The van der Waals surface area contributed by atoms with Gasteiger partial charge in [-0.15, -0.1) is 0 Å².